The van der Waals surface area contributed by atoms with Gasteiger partial charge in [-0.15, -0.1) is 0 Å². The van der Waals surface area contributed by atoms with Crippen LogP contribution in [0.2, 0.25) is 0 Å². The van der Waals surface area contributed by atoms with Gasteiger partial charge < -0.3 is 14.5 Å². The predicted molar refractivity (Wildman–Crippen MR) is 212 cm³/mol. The fourth-order valence-corrected chi connectivity index (χ4v) is 8.71. The molecule has 0 fully saturated rings. The second-order valence-corrected chi connectivity index (χ2v) is 13.7. The van der Waals surface area contributed by atoms with Crippen LogP contribution < -0.4 is 10.1 Å². The van der Waals surface area contributed by atoms with Crippen molar-refractivity contribution in [2.75, 3.05) is 5.32 Å². The SMILES string of the molecule is c1ccc(-c2ccc3oc4cccc(-c5ccc(Nc6ccc7c(c6)C6(c8ccccc8O7)c7ccccc7-c7ccccc76)cc5)c4c3c2)cc1. The number of hydrogen-bond donors (Lipinski definition) is 1. The van der Waals surface area contributed by atoms with E-state index >= 15 is 0 Å². The van der Waals surface area contributed by atoms with E-state index in [1.165, 1.54) is 38.9 Å². The van der Waals surface area contributed by atoms with Crippen LogP contribution in [0.1, 0.15) is 22.3 Å². The lowest BCUT2D eigenvalue weighted by molar-refractivity contribution is 0.436. The molecule has 0 amide bonds. The standard InChI is InChI=1S/C49H31NO2/c1-2-11-31(12-3-1)33-23-27-44-39(29-33)48-36(15-10-20-47(48)51-44)32-21-24-34(25-22-32)50-35-26-28-46-43(30-35)49(42-18-8-9-19-45(42)52-46)40-16-6-4-13-37(40)38-14-5-7-17-41(38)49/h1-30,50H. The first-order chi connectivity index (χ1) is 25.8. The van der Waals surface area contributed by atoms with Crippen LogP contribution in [0, 0.1) is 0 Å². The molecular weight excluding hydrogens is 635 g/mol. The van der Waals surface area contributed by atoms with Crippen LogP contribution in [0.5, 0.6) is 11.5 Å². The zero-order valence-corrected chi connectivity index (χ0v) is 28.1. The van der Waals surface area contributed by atoms with Crippen molar-refractivity contribution in [3.05, 3.63) is 204 Å². The van der Waals surface area contributed by atoms with E-state index < -0.39 is 5.41 Å². The average Bonchev–Trinajstić information content (AvgIpc) is 3.73. The van der Waals surface area contributed by atoms with Crippen molar-refractivity contribution in [1.29, 1.82) is 0 Å². The molecule has 0 saturated heterocycles. The molecule has 3 heteroatoms. The van der Waals surface area contributed by atoms with Crippen LogP contribution in [0.4, 0.5) is 11.4 Å². The van der Waals surface area contributed by atoms with E-state index in [9.17, 15) is 0 Å². The average molecular weight is 666 g/mol. The molecular formula is C49H31NO2. The number of para-hydroxylation sites is 1. The Bertz CT molecular complexity index is 2800. The highest BCUT2D eigenvalue weighted by atomic mass is 16.5. The highest BCUT2D eigenvalue weighted by Crippen LogP contribution is 2.62. The molecule has 9 aromatic rings. The Morgan fingerprint density at radius 3 is 1.81 bits per heavy atom. The summed E-state index contributed by atoms with van der Waals surface area (Å²) in [7, 11) is 0. The summed E-state index contributed by atoms with van der Waals surface area (Å²) in [6.07, 6.45) is 0. The Balaban J connectivity index is 0.990. The van der Waals surface area contributed by atoms with Gasteiger partial charge in [0.1, 0.15) is 22.7 Å². The second-order valence-electron chi connectivity index (χ2n) is 13.7. The molecule has 3 nitrogen and oxygen atoms in total. The molecule has 1 N–H and O–H groups in total. The van der Waals surface area contributed by atoms with Gasteiger partial charge in [0.2, 0.25) is 0 Å². The van der Waals surface area contributed by atoms with Crippen LogP contribution >= 0.6 is 0 Å². The van der Waals surface area contributed by atoms with Gasteiger partial charge in [-0.2, -0.15) is 0 Å². The van der Waals surface area contributed by atoms with Crippen molar-refractivity contribution in [2.24, 2.45) is 0 Å². The van der Waals surface area contributed by atoms with Crippen LogP contribution in [-0.4, -0.2) is 0 Å². The largest absolute Gasteiger partial charge is 0.457 e. The number of anilines is 2. The third kappa shape index (κ3) is 4.14. The van der Waals surface area contributed by atoms with E-state index in [0.29, 0.717) is 0 Å². The first-order valence-corrected chi connectivity index (χ1v) is 17.8. The zero-order chi connectivity index (χ0) is 34.2. The van der Waals surface area contributed by atoms with Gasteiger partial charge in [-0.1, -0.05) is 127 Å². The second kappa shape index (κ2) is 11.1. The lowest BCUT2D eigenvalue weighted by atomic mass is 9.66. The molecule has 8 aromatic carbocycles. The van der Waals surface area contributed by atoms with Crippen LogP contribution in [0.25, 0.3) is 55.3 Å². The number of hydrogen-bond acceptors (Lipinski definition) is 3. The van der Waals surface area contributed by atoms with Crippen molar-refractivity contribution in [3.63, 3.8) is 0 Å². The Kier molecular flexibility index (Phi) is 6.17. The van der Waals surface area contributed by atoms with E-state index in [4.69, 9.17) is 9.15 Å². The maximum absolute atomic E-state index is 6.62. The number of ether oxygens (including phenoxy) is 1. The van der Waals surface area contributed by atoms with E-state index in [1.807, 2.05) is 0 Å². The first kappa shape index (κ1) is 28.9. The highest BCUT2D eigenvalue weighted by molar-refractivity contribution is 6.13. The zero-order valence-electron chi connectivity index (χ0n) is 28.1. The van der Waals surface area contributed by atoms with Gasteiger partial charge in [-0.05, 0) is 99.1 Å². The van der Waals surface area contributed by atoms with E-state index in [2.05, 4.69) is 187 Å². The summed E-state index contributed by atoms with van der Waals surface area (Å²) in [5.74, 6) is 1.77. The van der Waals surface area contributed by atoms with Gasteiger partial charge in [0.25, 0.3) is 0 Å². The molecule has 0 bridgehead atoms. The summed E-state index contributed by atoms with van der Waals surface area (Å²) < 4.78 is 13.0. The van der Waals surface area contributed by atoms with E-state index in [-0.39, 0.29) is 0 Å². The van der Waals surface area contributed by atoms with Crippen LogP contribution in [0.15, 0.2) is 186 Å². The third-order valence-electron chi connectivity index (χ3n) is 10.9. The minimum Gasteiger partial charge on any atom is -0.457 e. The number of rotatable bonds is 4. The fraction of sp³-hybridized carbons (Fsp3) is 0.0204. The van der Waals surface area contributed by atoms with E-state index in [1.54, 1.807) is 0 Å². The topological polar surface area (TPSA) is 34.4 Å². The predicted octanol–water partition coefficient (Wildman–Crippen LogP) is 13.1. The summed E-state index contributed by atoms with van der Waals surface area (Å²) in [5.41, 5.74) is 15.4. The summed E-state index contributed by atoms with van der Waals surface area (Å²) in [4.78, 5) is 0. The van der Waals surface area contributed by atoms with Crippen LogP contribution in [0.3, 0.4) is 0 Å². The summed E-state index contributed by atoms with van der Waals surface area (Å²) in [6.45, 7) is 0. The number of furan rings is 1. The Hall–Kier alpha value is -6.84. The molecule has 0 saturated carbocycles. The normalized spacial score (nSPS) is 13.3. The molecule has 0 radical (unpaired) electrons. The van der Waals surface area contributed by atoms with Gasteiger partial charge in [0.15, 0.2) is 0 Å². The molecule has 52 heavy (non-hydrogen) atoms. The molecule has 244 valence electrons. The summed E-state index contributed by atoms with van der Waals surface area (Å²) >= 11 is 0. The highest BCUT2D eigenvalue weighted by Gasteiger charge is 2.51. The molecule has 2 aliphatic rings. The van der Waals surface area contributed by atoms with Crippen molar-refractivity contribution in [2.45, 2.75) is 5.41 Å². The molecule has 1 aliphatic carbocycles. The van der Waals surface area contributed by atoms with Gasteiger partial charge in [-0.25, -0.2) is 0 Å². The van der Waals surface area contributed by atoms with E-state index in [0.717, 1.165) is 61.5 Å². The molecule has 11 rings (SSSR count). The maximum Gasteiger partial charge on any atom is 0.136 e. The lowest BCUT2D eigenvalue weighted by Gasteiger charge is -2.39. The smallest absolute Gasteiger partial charge is 0.136 e. The quantitative estimate of drug-likeness (QED) is 0.203. The number of benzene rings is 8. The molecule has 1 spiro atoms. The molecule has 1 aliphatic heterocycles. The first-order valence-electron chi connectivity index (χ1n) is 17.8. The van der Waals surface area contributed by atoms with Gasteiger partial charge in [0.05, 0.1) is 5.41 Å². The van der Waals surface area contributed by atoms with Crippen LogP contribution in [-0.2, 0) is 5.41 Å². The van der Waals surface area contributed by atoms with Crippen molar-refractivity contribution in [1.82, 2.24) is 0 Å². The fourth-order valence-electron chi connectivity index (χ4n) is 8.71. The minimum absolute atomic E-state index is 0.495. The molecule has 2 heterocycles. The maximum atomic E-state index is 6.62. The minimum atomic E-state index is -0.495. The van der Waals surface area contributed by atoms with Crippen molar-refractivity contribution < 1.29 is 9.15 Å². The molecule has 1 aromatic heterocycles. The summed E-state index contributed by atoms with van der Waals surface area (Å²) in [6, 6.07) is 64.7. The van der Waals surface area contributed by atoms with Crippen molar-refractivity contribution in [3.8, 4) is 44.9 Å². The lowest BCUT2D eigenvalue weighted by Crippen LogP contribution is -2.32. The number of fused-ring (bicyclic) bond motifs is 12. The molecule has 0 unspecified atom stereocenters. The Morgan fingerprint density at radius 1 is 0.385 bits per heavy atom. The molecule has 0 atom stereocenters. The Morgan fingerprint density at radius 2 is 1.02 bits per heavy atom. The van der Waals surface area contributed by atoms with Gasteiger partial charge in [0, 0.05) is 33.3 Å². The third-order valence-corrected chi connectivity index (χ3v) is 10.9. The van der Waals surface area contributed by atoms with Crippen molar-refractivity contribution >= 4 is 33.3 Å². The number of nitrogens with one attached hydrogen (secondary N) is 1. The van der Waals surface area contributed by atoms with Gasteiger partial charge >= 0.3 is 0 Å². The Labute approximate surface area is 301 Å². The van der Waals surface area contributed by atoms with Gasteiger partial charge in [-0.3, -0.25) is 0 Å². The summed E-state index contributed by atoms with van der Waals surface area (Å²) in [5, 5.41) is 5.98. The monoisotopic (exact) mass is 665 g/mol.